The van der Waals surface area contributed by atoms with Crippen LogP contribution in [-0.4, -0.2) is 37.9 Å². The molecular weight excluding hydrogens is 480 g/mol. The Morgan fingerprint density at radius 1 is 0.811 bits per heavy atom. The van der Waals surface area contributed by atoms with Crippen LogP contribution < -0.4 is 4.74 Å². The molecule has 6 nitrogen and oxygen atoms in total. The van der Waals surface area contributed by atoms with Gasteiger partial charge in [-0.1, -0.05) is 132 Å². The molecule has 1 aromatic carbocycles. The number of carbonyl (C=O) groups is 1. The first-order valence-corrected chi connectivity index (χ1v) is 15.2. The average molecular weight is 525 g/mol. The normalized spacial score (nSPS) is 11.3. The van der Waals surface area contributed by atoms with Gasteiger partial charge in [0.2, 0.25) is 5.88 Å². The summed E-state index contributed by atoms with van der Waals surface area (Å²) < 4.78 is 7.81. The zero-order chi connectivity index (χ0) is 26.1. The van der Waals surface area contributed by atoms with Gasteiger partial charge in [-0.05, 0) is 6.42 Å². The minimum absolute atomic E-state index is 0.0718. The van der Waals surface area contributed by atoms with Crippen LogP contribution in [-0.2, 0) is 7.05 Å². The number of nitrogens with zero attached hydrogens (tertiary/aromatic N) is 4. The molecule has 0 unspecified atom stereocenters. The van der Waals surface area contributed by atoms with Gasteiger partial charge in [0.1, 0.15) is 16.9 Å². The lowest BCUT2D eigenvalue weighted by molar-refractivity contribution is 0.102. The van der Waals surface area contributed by atoms with Crippen molar-refractivity contribution < 1.29 is 9.53 Å². The highest BCUT2D eigenvalue weighted by Crippen LogP contribution is 2.30. The number of ether oxygens (including phenoxy) is 1. The van der Waals surface area contributed by atoms with Crippen LogP contribution in [0.4, 0.5) is 0 Å². The van der Waals surface area contributed by atoms with Crippen LogP contribution in [0.25, 0.3) is 11.0 Å². The van der Waals surface area contributed by atoms with E-state index in [2.05, 4.69) is 22.0 Å². The number of benzene rings is 1. The van der Waals surface area contributed by atoms with Crippen molar-refractivity contribution in [1.82, 2.24) is 19.7 Å². The average Bonchev–Trinajstić information content (AvgIpc) is 3.25. The van der Waals surface area contributed by atoms with Crippen molar-refractivity contribution in [3.63, 3.8) is 0 Å². The number of unbranched alkanes of at least 4 members (excludes halogenated alkanes) is 13. The topological polar surface area (TPSA) is 69.9 Å². The number of aromatic nitrogens is 4. The number of Topliss-reactive ketones (excluding diaryl/α,β-unsaturated/α-hetero) is 1. The third-order valence-electron chi connectivity index (χ3n) is 6.71. The van der Waals surface area contributed by atoms with E-state index in [9.17, 15) is 4.79 Å². The third kappa shape index (κ3) is 10.1. The van der Waals surface area contributed by atoms with E-state index in [-0.39, 0.29) is 5.78 Å². The van der Waals surface area contributed by atoms with Crippen LogP contribution in [0.1, 0.15) is 107 Å². The molecule has 0 fully saturated rings. The highest BCUT2D eigenvalue weighted by Gasteiger charge is 2.17. The summed E-state index contributed by atoms with van der Waals surface area (Å²) >= 11 is 1.39. The van der Waals surface area contributed by atoms with E-state index in [1.54, 1.807) is 4.68 Å². The smallest absolute Gasteiger partial charge is 0.239 e. The summed E-state index contributed by atoms with van der Waals surface area (Å²) in [5, 5.41) is 5.29. The number of aryl methyl sites for hydroxylation is 1. The van der Waals surface area contributed by atoms with Gasteiger partial charge in [0, 0.05) is 12.6 Å². The largest absolute Gasteiger partial charge is 0.476 e. The third-order valence-corrected chi connectivity index (χ3v) is 7.69. The van der Waals surface area contributed by atoms with Gasteiger partial charge in [-0.15, -0.1) is 0 Å². The van der Waals surface area contributed by atoms with Gasteiger partial charge >= 0.3 is 0 Å². The molecule has 3 rings (SSSR count). The van der Waals surface area contributed by atoms with Gasteiger partial charge in [0.05, 0.1) is 12.4 Å². The predicted molar refractivity (Wildman–Crippen MR) is 154 cm³/mol. The number of hydrogen-bond acceptors (Lipinski definition) is 6. The quantitative estimate of drug-likeness (QED) is 0.0642. The maximum atomic E-state index is 12.5. The Balaban J connectivity index is 1.31. The lowest BCUT2D eigenvalue weighted by atomic mass is 10.0. The molecule has 2 heterocycles. The number of rotatable bonds is 20. The molecule has 3 aromatic rings. The molecule has 0 atom stereocenters. The van der Waals surface area contributed by atoms with Gasteiger partial charge in [0.25, 0.3) is 0 Å². The Hall–Kier alpha value is -2.41. The summed E-state index contributed by atoms with van der Waals surface area (Å²) in [4.78, 5) is 21.3. The molecule has 0 spiro atoms. The highest BCUT2D eigenvalue weighted by molar-refractivity contribution is 8.00. The summed E-state index contributed by atoms with van der Waals surface area (Å²) in [5.41, 5.74) is 2.10. The lowest BCUT2D eigenvalue weighted by Crippen LogP contribution is -2.03. The Labute approximate surface area is 227 Å². The maximum Gasteiger partial charge on any atom is 0.239 e. The first-order valence-electron chi connectivity index (χ1n) is 14.2. The molecule has 202 valence electrons. The van der Waals surface area contributed by atoms with E-state index < -0.39 is 0 Å². The van der Waals surface area contributed by atoms with E-state index >= 15 is 0 Å². The van der Waals surface area contributed by atoms with Crippen LogP contribution in [0.3, 0.4) is 0 Å². The van der Waals surface area contributed by atoms with Crippen molar-refractivity contribution in [3.05, 3.63) is 42.2 Å². The molecule has 0 aliphatic carbocycles. The predicted octanol–water partition coefficient (Wildman–Crippen LogP) is 8.20. The van der Waals surface area contributed by atoms with Crippen molar-refractivity contribution in [3.8, 4) is 5.88 Å². The van der Waals surface area contributed by atoms with Crippen molar-refractivity contribution in [1.29, 1.82) is 0 Å². The highest BCUT2D eigenvalue weighted by atomic mass is 32.2. The molecule has 0 aliphatic heterocycles. The molecule has 0 N–H and O–H groups in total. The fourth-order valence-electron chi connectivity index (χ4n) is 4.53. The molecule has 2 aromatic heterocycles. The number of carbonyl (C=O) groups excluding carboxylic acids is 1. The first-order chi connectivity index (χ1) is 18.2. The van der Waals surface area contributed by atoms with Crippen molar-refractivity contribution in [2.75, 3.05) is 12.4 Å². The van der Waals surface area contributed by atoms with Crippen LogP contribution >= 0.6 is 11.8 Å². The second-order valence-electron chi connectivity index (χ2n) is 9.83. The molecule has 0 radical (unpaired) electrons. The summed E-state index contributed by atoms with van der Waals surface area (Å²) in [5.74, 6) is 1.05. The zero-order valence-corrected chi connectivity index (χ0v) is 23.6. The molecule has 0 amide bonds. The summed E-state index contributed by atoms with van der Waals surface area (Å²) in [6.07, 6.45) is 20.3. The molecule has 0 bridgehead atoms. The van der Waals surface area contributed by atoms with Crippen molar-refractivity contribution in [2.24, 2.45) is 7.05 Å². The Morgan fingerprint density at radius 2 is 1.41 bits per heavy atom. The molecule has 37 heavy (non-hydrogen) atoms. The number of thioether (sulfide) groups is 1. The van der Waals surface area contributed by atoms with Gasteiger partial charge in [-0.3, -0.25) is 4.79 Å². The first kappa shape index (κ1) is 29.2. The number of hydrogen-bond donors (Lipinski definition) is 0. The van der Waals surface area contributed by atoms with E-state index in [0.717, 1.165) is 6.42 Å². The molecule has 0 aliphatic rings. The van der Waals surface area contributed by atoms with E-state index in [1.165, 1.54) is 102 Å². The van der Waals surface area contributed by atoms with E-state index in [0.29, 0.717) is 39.9 Å². The molecule has 0 saturated carbocycles. The van der Waals surface area contributed by atoms with Gasteiger partial charge < -0.3 is 4.74 Å². The van der Waals surface area contributed by atoms with Crippen LogP contribution in [0, 0.1) is 0 Å². The maximum absolute atomic E-state index is 12.5. The van der Waals surface area contributed by atoms with Crippen molar-refractivity contribution in [2.45, 2.75) is 102 Å². The molecular formula is C30H44N4O2S. The number of ketones is 1. The Kier molecular flexibility index (Phi) is 13.5. The van der Waals surface area contributed by atoms with Crippen LogP contribution in [0.5, 0.6) is 5.88 Å². The minimum atomic E-state index is 0.0718. The minimum Gasteiger partial charge on any atom is -0.476 e. The second-order valence-corrected chi connectivity index (χ2v) is 10.8. The second kappa shape index (κ2) is 17.2. The van der Waals surface area contributed by atoms with Crippen LogP contribution in [0.2, 0.25) is 0 Å². The standard InChI is InChI=1S/C30H44N4O2S/c1-3-4-5-6-7-8-9-10-11-12-13-14-15-19-22-36-30-28-27(33-34(30)2)29(32-24-31-28)37-23-26(35)25-20-17-16-18-21-25/h16-18,20-21,24H,3-15,19,22-23H2,1-2H3. The van der Waals surface area contributed by atoms with E-state index in [1.807, 2.05) is 37.4 Å². The van der Waals surface area contributed by atoms with Gasteiger partial charge in [-0.2, -0.15) is 5.10 Å². The summed E-state index contributed by atoms with van der Waals surface area (Å²) in [6, 6.07) is 9.33. The molecule has 7 heteroatoms. The fourth-order valence-corrected chi connectivity index (χ4v) is 5.36. The zero-order valence-electron chi connectivity index (χ0n) is 22.8. The summed E-state index contributed by atoms with van der Waals surface area (Å²) in [6.45, 7) is 2.94. The molecule has 0 saturated heterocycles. The Morgan fingerprint density at radius 3 is 2.03 bits per heavy atom. The Bertz CT molecular complexity index is 1050. The number of fused-ring (bicyclic) bond motifs is 1. The summed E-state index contributed by atoms with van der Waals surface area (Å²) in [7, 11) is 1.87. The van der Waals surface area contributed by atoms with Gasteiger partial charge in [-0.25, -0.2) is 14.6 Å². The SMILES string of the molecule is CCCCCCCCCCCCCCCCOc1c2ncnc(SCC(=O)c3ccccc3)c2nn1C. The fraction of sp³-hybridized carbons (Fsp3) is 0.600. The van der Waals surface area contributed by atoms with E-state index in [4.69, 9.17) is 4.74 Å². The van der Waals surface area contributed by atoms with Crippen LogP contribution in [0.15, 0.2) is 41.7 Å². The monoisotopic (exact) mass is 524 g/mol. The van der Waals surface area contributed by atoms with Crippen molar-refractivity contribution >= 4 is 28.6 Å². The lowest BCUT2D eigenvalue weighted by Gasteiger charge is -2.06. The van der Waals surface area contributed by atoms with Gasteiger partial charge in [0.15, 0.2) is 11.3 Å².